The summed E-state index contributed by atoms with van der Waals surface area (Å²) < 4.78 is 1.94. The molecule has 1 saturated heterocycles. The van der Waals surface area contributed by atoms with Crippen LogP contribution in [0.2, 0.25) is 0 Å². The van der Waals surface area contributed by atoms with E-state index in [9.17, 15) is 0 Å². The summed E-state index contributed by atoms with van der Waals surface area (Å²) in [5.41, 5.74) is 6.20. The Morgan fingerprint density at radius 2 is 1.94 bits per heavy atom. The molecule has 1 atom stereocenters. The highest BCUT2D eigenvalue weighted by molar-refractivity contribution is 14.0. The van der Waals surface area contributed by atoms with Crippen LogP contribution in [0.4, 0.5) is 0 Å². The summed E-state index contributed by atoms with van der Waals surface area (Å²) in [5, 5.41) is 11.4. The maximum atomic E-state index is 4.88. The normalized spacial score (nSPS) is 17.3. The molecule has 0 bridgehead atoms. The number of aliphatic imine (C=N–C) groups is 1. The van der Waals surface area contributed by atoms with Crippen molar-refractivity contribution in [3.63, 3.8) is 0 Å². The molecule has 0 spiro atoms. The Morgan fingerprint density at radius 3 is 2.58 bits per heavy atom. The van der Waals surface area contributed by atoms with Crippen molar-refractivity contribution >= 4 is 29.9 Å². The Bertz CT molecular complexity index is 860. The van der Waals surface area contributed by atoms with Crippen LogP contribution in [0.15, 0.2) is 29.3 Å². The van der Waals surface area contributed by atoms with Gasteiger partial charge in [0.05, 0.1) is 12.2 Å². The number of nitrogens with zero attached hydrogens (tertiary/aromatic N) is 4. The van der Waals surface area contributed by atoms with Crippen LogP contribution in [0, 0.1) is 19.8 Å². The van der Waals surface area contributed by atoms with Crippen molar-refractivity contribution in [2.75, 3.05) is 19.6 Å². The lowest BCUT2D eigenvalue weighted by molar-refractivity contribution is 0.176. The molecule has 0 radical (unpaired) electrons. The van der Waals surface area contributed by atoms with Crippen LogP contribution in [-0.4, -0.2) is 40.3 Å². The Morgan fingerprint density at radius 1 is 1.19 bits per heavy atom. The number of benzene rings is 1. The molecule has 2 aromatic rings. The smallest absolute Gasteiger partial charge is 0.191 e. The molecule has 0 amide bonds. The molecule has 2 heterocycles. The molecule has 1 unspecified atom stereocenters. The molecule has 2 N–H and O–H groups in total. The van der Waals surface area contributed by atoms with Crippen molar-refractivity contribution in [3.05, 3.63) is 52.3 Å². The Balaban J connectivity index is 0.00000341. The SMILES string of the molecule is CCNC(=NCc1ccccc1CN1CCCC(C)C1)NCc1c(C)nn(C)c1C.I. The monoisotopic (exact) mass is 538 g/mol. The van der Waals surface area contributed by atoms with Gasteiger partial charge in [0.2, 0.25) is 0 Å². The number of halogens is 1. The second-order valence-electron chi connectivity index (χ2n) is 8.57. The number of piperidine rings is 1. The van der Waals surface area contributed by atoms with Crippen molar-refractivity contribution < 1.29 is 0 Å². The van der Waals surface area contributed by atoms with E-state index in [0.29, 0.717) is 6.54 Å². The van der Waals surface area contributed by atoms with Gasteiger partial charge in [-0.2, -0.15) is 5.10 Å². The van der Waals surface area contributed by atoms with E-state index in [0.717, 1.165) is 37.2 Å². The van der Waals surface area contributed by atoms with Crippen LogP contribution in [0.3, 0.4) is 0 Å². The average molecular weight is 539 g/mol. The van der Waals surface area contributed by atoms with Crippen LogP contribution in [0.5, 0.6) is 0 Å². The summed E-state index contributed by atoms with van der Waals surface area (Å²) in [6, 6.07) is 8.74. The molecule has 6 nitrogen and oxygen atoms in total. The van der Waals surface area contributed by atoms with Gasteiger partial charge in [0.25, 0.3) is 0 Å². The first kappa shape index (κ1) is 25.6. The van der Waals surface area contributed by atoms with Crippen molar-refractivity contribution in [2.45, 2.75) is 60.2 Å². The van der Waals surface area contributed by atoms with Crippen molar-refractivity contribution in [1.82, 2.24) is 25.3 Å². The maximum absolute atomic E-state index is 4.88. The lowest BCUT2D eigenvalue weighted by Crippen LogP contribution is -2.37. The van der Waals surface area contributed by atoms with Crippen LogP contribution in [0.25, 0.3) is 0 Å². The molecule has 0 saturated carbocycles. The third kappa shape index (κ3) is 7.20. The molecular weight excluding hydrogens is 499 g/mol. The van der Waals surface area contributed by atoms with Gasteiger partial charge in [-0.3, -0.25) is 9.58 Å². The minimum Gasteiger partial charge on any atom is -0.357 e. The van der Waals surface area contributed by atoms with E-state index in [-0.39, 0.29) is 24.0 Å². The first-order chi connectivity index (χ1) is 14.5. The number of guanidine groups is 1. The van der Waals surface area contributed by atoms with Crippen LogP contribution >= 0.6 is 24.0 Å². The zero-order chi connectivity index (χ0) is 21.5. The largest absolute Gasteiger partial charge is 0.357 e. The van der Waals surface area contributed by atoms with Crippen LogP contribution in [0.1, 0.15) is 54.8 Å². The number of nitrogens with one attached hydrogen (secondary N) is 2. The summed E-state index contributed by atoms with van der Waals surface area (Å²) in [6.07, 6.45) is 2.67. The highest BCUT2D eigenvalue weighted by atomic mass is 127. The van der Waals surface area contributed by atoms with Gasteiger partial charge in [-0.05, 0) is 57.2 Å². The van der Waals surface area contributed by atoms with E-state index < -0.39 is 0 Å². The third-order valence-electron chi connectivity index (χ3n) is 6.10. The maximum Gasteiger partial charge on any atom is 0.191 e. The Labute approximate surface area is 204 Å². The molecule has 1 aromatic carbocycles. The fraction of sp³-hybridized carbons (Fsp3) is 0.583. The number of rotatable bonds is 7. The highest BCUT2D eigenvalue weighted by Gasteiger charge is 2.17. The summed E-state index contributed by atoms with van der Waals surface area (Å²) in [7, 11) is 1.99. The van der Waals surface area contributed by atoms with Gasteiger partial charge < -0.3 is 10.6 Å². The van der Waals surface area contributed by atoms with E-state index >= 15 is 0 Å². The molecule has 3 rings (SSSR count). The van der Waals surface area contributed by atoms with E-state index in [2.05, 4.69) is 72.6 Å². The molecule has 31 heavy (non-hydrogen) atoms. The molecule has 0 aliphatic carbocycles. The van der Waals surface area contributed by atoms with Crippen LogP contribution < -0.4 is 10.6 Å². The number of hydrogen-bond acceptors (Lipinski definition) is 3. The highest BCUT2D eigenvalue weighted by Crippen LogP contribution is 2.20. The minimum atomic E-state index is 0. The minimum absolute atomic E-state index is 0. The van der Waals surface area contributed by atoms with Crippen LogP contribution in [-0.2, 0) is 26.7 Å². The number of likely N-dealkylation sites (tertiary alicyclic amines) is 1. The van der Waals surface area contributed by atoms with Gasteiger partial charge in [-0.1, -0.05) is 31.2 Å². The second kappa shape index (κ2) is 12.4. The lowest BCUT2D eigenvalue weighted by Gasteiger charge is -2.31. The van der Waals surface area contributed by atoms with Gasteiger partial charge in [0.15, 0.2) is 5.96 Å². The first-order valence-electron chi connectivity index (χ1n) is 11.3. The van der Waals surface area contributed by atoms with Gasteiger partial charge in [-0.25, -0.2) is 4.99 Å². The quantitative estimate of drug-likeness (QED) is 0.316. The first-order valence-corrected chi connectivity index (χ1v) is 11.3. The van der Waals surface area contributed by atoms with Gasteiger partial charge >= 0.3 is 0 Å². The number of aryl methyl sites for hydroxylation is 2. The molecule has 1 fully saturated rings. The topological polar surface area (TPSA) is 57.5 Å². The van der Waals surface area contributed by atoms with Gasteiger partial charge in [0, 0.05) is 44.5 Å². The van der Waals surface area contributed by atoms with Crippen molar-refractivity contribution in [2.24, 2.45) is 18.0 Å². The molecule has 1 aliphatic rings. The summed E-state index contributed by atoms with van der Waals surface area (Å²) >= 11 is 0. The Hall–Kier alpha value is -1.61. The number of aromatic nitrogens is 2. The molecular formula is C24H39IN6. The molecule has 1 aliphatic heterocycles. The molecule has 1 aromatic heterocycles. The predicted molar refractivity (Wildman–Crippen MR) is 140 cm³/mol. The summed E-state index contributed by atoms with van der Waals surface area (Å²) in [6.45, 7) is 14.3. The predicted octanol–water partition coefficient (Wildman–Crippen LogP) is 4.14. The fourth-order valence-electron chi connectivity index (χ4n) is 4.29. The zero-order valence-electron chi connectivity index (χ0n) is 19.7. The van der Waals surface area contributed by atoms with E-state index in [1.807, 2.05) is 11.7 Å². The lowest BCUT2D eigenvalue weighted by atomic mass is 9.99. The Kier molecular flexibility index (Phi) is 10.3. The van der Waals surface area contributed by atoms with E-state index in [4.69, 9.17) is 4.99 Å². The molecule has 172 valence electrons. The standard InChI is InChI=1S/C24H38N6.HI/c1-6-25-24(27-15-23-19(3)28-29(5)20(23)4)26-14-21-11-7-8-12-22(21)17-30-13-9-10-18(2)16-30;/h7-8,11-12,18H,6,9-10,13-17H2,1-5H3,(H2,25,26,27);1H. The summed E-state index contributed by atoms with van der Waals surface area (Å²) in [4.78, 5) is 7.47. The molecule has 7 heteroatoms. The van der Waals surface area contributed by atoms with E-state index in [1.54, 1.807) is 0 Å². The second-order valence-corrected chi connectivity index (χ2v) is 8.57. The van der Waals surface area contributed by atoms with Crippen molar-refractivity contribution in [1.29, 1.82) is 0 Å². The van der Waals surface area contributed by atoms with E-state index in [1.165, 1.54) is 48.3 Å². The third-order valence-corrected chi connectivity index (χ3v) is 6.10. The number of hydrogen-bond donors (Lipinski definition) is 2. The van der Waals surface area contributed by atoms with Crippen molar-refractivity contribution in [3.8, 4) is 0 Å². The average Bonchev–Trinajstić information content (AvgIpc) is 2.96. The van der Waals surface area contributed by atoms with Gasteiger partial charge in [0.1, 0.15) is 0 Å². The van der Waals surface area contributed by atoms with Gasteiger partial charge in [-0.15, -0.1) is 24.0 Å². The fourth-order valence-corrected chi connectivity index (χ4v) is 4.29. The summed E-state index contributed by atoms with van der Waals surface area (Å²) in [5.74, 6) is 1.65. The zero-order valence-corrected chi connectivity index (χ0v) is 22.1.